The molecule has 0 saturated heterocycles. The van der Waals surface area contributed by atoms with Gasteiger partial charge < -0.3 is 9.84 Å². The lowest BCUT2D eigenvalue weighted by Crippen LogP contribution is -2.07. The molecule has 7 heteroatoms. The number of nitrogens with one attached hydrogen (secondary N) is 1. The van der Waals surface area contributed by atoms with Crippen molar-refractivity contribution in [1.82, 2.24) is 20.1 Å². The van der Waals surface area contributed by atoms with Crippen LogP contribution in [-0.4, -0.2) is 26.7 Å². The van der Waals surface area contributed by atoms with Gasteiger partial charge in [-0.2, -0.15) is 4.98 Å². The average Bonchev–Trinajstić information content (AvgIpc) is 2.67. The van der Waals surface area contributed by atoms with Gasteiger partial charge in [0.1, 0.15) is 0 Å². The minimum atomic E-state index is 0.351. The number of hydrogen-bond acceptors (Lipinski definition) is 6. The monoisotopic (exact) mass is 239 g/mol. The molecule has 0 atom stereocenters. The predicted octanol–water partition coefficient (Wildman–Crippen LogP) is 1.48. The van der Waals surface area contributed by atoms with Crippen molar-refractivity contribution in [2.45, 2.75) is 13.3 Å². The molecular weight excluding hydrogens is 230 g/mol. The van der Waals surface area contributed by atoms with E-state index < -0.39 is 0 Å². The molecule has 0 unspecified atom stereocenters. The molecule has 0 aromatic carbocycles. The summed E-state index contributed by atoms with van der Waals surface area (Å²) in [6, 6.07) is 0. The van der Waals surface area contributed by atoms with Crippen molar-refractivity contribution >= 4 is 17.4 Å². The highest BCUT2D eigenvalue weighted by atomic mass is 35.5. The Labute approximate surface area is 97.1 Å². The highest BCUT2D eigenvalue weighted by Gasteiger charge is 2.04. The Hall–Kier alpha value is -1.69. The standard InChI is InChI=1S/C9H10ClN5O/c1-6-14-7(16-15-6)2-3-12-9-8(10)11-4-5-13-9/h4-5H,2-3H2,1H3,(H,12,13). The smallest absolute Gasteiger partial charge is 0.228 e. The molecule has 2 heterocycles. The summed E-state index contributed by atoms with van der Waals surface area (Å²) in [4.78, 5) is 12.0. The minimum Gasteiger partial charge on any atom is -0.367 e. The third kappa shape index (κ3) is 2.66. The SMILES string of the molecule is Cc1noc(CCNc2nccnc2Cl)n1. The minimum absolute atomic E-state index is 0.351. The molecule has 2 aromatic rings. The third-order valence-corrected chi connectivity index (χ3v) is 2.13. The van der Waals surface area contributed by atoms with E-state index in [0.717, 1.165) is 0 Å². The third-order valence-electron chi connectivity index (χ3n) is 1.85. The van der Waals surface area contributed by atoms with Gasteiger partial charge in [0.25, 0.3) is 0 Å². The summed E-state index contributed by atoms with van der Waals surface area (Å²) in [5.74, 6) is 1.78. The van der Waals surface area contributed by atoms with Crippen LogP contribution in [0.5, 0.6) is 0 Å². The zero-order chi connectivity index (χ0) is 11.4. The van der Waals surface area contributed by atoms with Crippen LogP contribution in [0.4, 0.5) is 5.82 Å². The fourth-order valence-corrected chi connectivity index (χ4v) is 1.34. The van der Waals surface area contributed by atoms with Crippen LogP contribution in [0.3, 0.4) is 0 Å². The van der Waals surface area contributed by atoms with Crippen LogP contribution in [-0.2, 0) is 6.42 Å². The lowest BCUT2D eigenvalue weighted by Gasteiger charge is -2.03. The molecule has 1 N–H and O–H groups in total. The molecule has 0 spiro atoms. The fraction of sp³-hybridized carbons (Fsp3) is 0.333. The summed E-state index contributed by atoms with van der Waals surface area (Å²) in [5.41, 5.74) is 0. The van der Waals surface area contributed by atoms with Gasteiger partial charge >= 0.3 is 0 Å². The van der Waals surface area contributed by atoms with Crippen LogP contribution < -0.4 is 5.32 Å². The van der Waals surface area contributed by atoms with Crippen molar-refractivity contribution in [2.75, 3.05) is 11.9 Å². The van der Waals surface area contributed by atoms with Gasteiger partial charge in [0.2, 0.25) is 5.89 Å². The largest absolute Gasteiger partial charge is 0.367 e. The second kappa shape index (κ2) is 4.89. The molecule has 0 fully saturated rings. The van der Waals surface area contributed by atoms with E-state index in [-0.39, 0.29) is 0 Å². The van der Waals surface area contributed by atoms with E-state index in [1.54, 1.807) is 13.1 Å². The number of anilines is 1. The molecule has 0 aliphatic carbocycles. The van der Waals surface area contributed by atoms with Gasteiger partial charge in [-0.3, -0.25) is 0 Å². The second-order valence-corrected chi connectivity index (χ2v) is 3.47. The summed E-state index contributed by atoms with van der Waals surface area (Å²) in [5, 5.41) is 7.08. The van der Waals surface area contributed by atoms with Crippen molar-refractivity contribution in [1.29, 1.82) is 0 Å². The Morgan fingerprint density at radius 1 is 1.38 bits per heavy atom. The van der Waals surface area contributed by atoms with E-state index in [2.05, 4.69) is 25.4 Å². The lowest BCUT2D eigenvalue weighted by molar-refractivity contribution is 0.377. The predicted molar refractivity (Wildman–Crippen MR) is 58.3 cm³/mol. The summed E-state index contributed by atoms with van der Waals surface area (Å²) < 4.78 is 4.96. The summed E-state index contributed by atoms with van der Waals surface area (Å²) in [6.45, 7) is 2.39. The molecule has 0 bridgehead atoms. The van der Waals surface area contributed by atoms with Crippen molar-refractivity contribution < 1.29 is 4.52 Å². The molecule has 0 aliphatic heterocycles. The normalized spacial score (nSPS) is 10.4. The Morgan fingerprint density at radius 2 is 2.19 bits per heavy atom. The molecule has 0 radical (unpaired) electrons. The van der Waals surface area contributed by atoms with Gasteiger partial charge in [0, 0.05) is 25.4 Å². The van der Waals surface area contributed by atoms with Gasteiger partial charge in [-0.25, -0.2) is 9.97 Å². The first-order valence-corrected chi connectivity index (χ1v) is 5.13. The number of rotatable bonds is 4. The Bertz CT molecular complexity index is 472. The topological polar surface area (TPSA) is 76.7 Å². The summed E-state index contributed by atoms with van der Waals surface area (Å²) in [6.07, 6.45) is 3.73. The molecule has 6 nitrogen and oxygen atoms in total. The molecule has 84 valence electrons. The zero-order valence-electron chi connectivity index (χ0n) is 8.64. The average molecular weight is 240 g/mol. The van der Waals surface area contributed by atoms with Crippen LogP contribution >= 0.6 is 11.6 Å². The van der Waals surface area contributed by atoms with Crippen LogP contribution in [0, 0.1) is 6.92 Å². The molecule has 0 amide bonds. The molecule has 0 saturated carbocycles. The second-order valence-electron chi connectivity index (χ2n) is 3.11. The van der Waals surface area contributed by atoms with Gasteiger partial charge in [0.05, 0.1) is 0 Å². The van der Waals surface area contributed by atoms with E-state index in [1.807, 2.05) is 0 Å². The van der Waals surface area contributed by atoms with Crippen molar-refractivity contribution in [3.63, 3.8) is 0 Å². The van der Waals surface area contributed by atoms with Crippen LogP contribution in [0.15, 0.2) is 16.9 Å². The summed E-state index contributed by atoms with van der Waals surface area (Å²) >= 11 is 5.82. The lowest BCUT2D eigenvalue weighted by atomic mass is 10.4. The van der Waals surface area contributed by atoms with Crippen molar-refractivity contribution in [3.05, 3.63) is 29.3 Å². The van der Waals surface area contributed by atoms with Gasteiger partial charge in [0.15, 0.2) is 16.8 Å². The van der Waals surface area contributed by atoms with Crippen molar-refractivity contribution in [2.24, 2.45) is 0 Å². The molecular formula is C9H10ClN5O. The molecule has 16 heavy (non-hydrogen) atoms. The van der Waals surface area contributed by atoms with Crippen LogP contribution in [0.1, 0.15) is 11.7 Å². The van der Waals surface area contributed by atoms with E-state index in [1.165, 1.54) is 6.20 Å². The number of aryl methyl sites for hydroxylation is 1. The highest BCUT2D eigenvalue weighted by Crippen LogP contribution is 2.13. The van der Waals surface area contributed by atoms with Gasteiger partial charge in [-0.15, -0.1) is 0 Å². The van der Waals surface area contributed by atoms with Crippen LogP contribution in [0.25, 0.3) is 0 Å². The first-order chi connectivity index (χ1) is 7.75. The molecule has 0 aliphatic rings. The first kappa shape index (κ1) is 10.8. The van der Waals surface area contributed by atoms with E-state index in [4.69, 9.17) is 16.1 Å². The quantitative estimate of drug-likeness (QED) is 0.871. The zero-order valence-corrected chi connectivity index (χ0v) is 9.40. The fourth-order valence-electron chi connectivity index (χ4n) is 1.17. The maximum absolute atomic E-state index is 5.82. The summed E-state index contributed by atoms with van der Waals surface area (Å²) in [7, 11) is 0. The number of hydrogen-bond donors (Lipinski definition) is 1. The van der Waals surface area contributed by atoms with Crippen molar-refractivity contribution in [3.8, 4) is 0 Å². The number of aromatic nitrogens is 4. The Balaban J connectivity index is 1.87. The maximum atomic E-state index is 5.82. The number of nitrogens with zero attached hydrogens (tertiary/aromatic N) is 4. The van der Waals surface area contributed by atoms with Gasteiger partial charge in [-0.1, -0.05) is 16.8 Å². The Kier molecular flexibility index (Phi) is 3.31. The maximum Gasteiger partial charge on any atom is 0.228 e. The van der Waals surface area contributed by atoms with E-state index >= 15 is 0 Å². The highest BCUT2D eigenvalue weighted by molar-refractivity contribution is 6.31. The van der Waals surface area contributed by atoms with Crippen LogP contribution in [0.2, 0.25) is 5.15 Å². The van der Waals surface area contributed by atoms with E-state index in [9.17, 15) is 0 Å². The molecule has 2 rings (SSSR count). The Morgan fingerprint density at radius 3 is 2.88 bits per heavy atom. The van der Waals surface area contributed by atoms with E-state index in [0.29, 0.717) is 35.7 Å². The number of halogens is 1. The van der Waals surface area contributed by atoms with Gasteiger partial charge in [-0.05, 0) is 6.92 Å². The first-order valence-electron chi connectivity index (χ1n) is 4.75. The molecule has 2 aromatic heterocycles.